The summed E-state index contributed by atoms with van der Waals surface area (Å²) in [7, 11) is 0. The quantitative estimate of drug-likeness (QED) is 0.735. The number of allylic oxidation sites excluding steroid dienone is 4. The Kier molecular flexibility index (Phi) is 6.26. The first-order chi connectivity index (χ1) is 12.8. The van der Waals surface area contributed by atoms with Gasteiger partial charge >= 0.3 is 6.61 Å². The Hall–Kier alpha value is -1.80. The van der Waals surface area contributed by atoms with Crippen LogP contribution in [0.4, 0.5) is 8.78 Å². The molecule has 0 spiro atoms. The second kappa shape index (κ2) is 8.48. The molecule has 1 atom stereocenters. The number of hydrogen-bond donors (Lipinski definition) is 2. The molecule has 0 aromatic rings. The maximum Gasteiger partial charge on any atom is 0.347 e. The van der Waals surface area contributed by atoms with Crippen LogP contribution < -0.4 is 10.6 Å². The number of carbonyl (C=O) groups is 1. The molecule has 0 aromatic carbocycles. The summed E-state index contributed by atoms with van der Waals surface area (Å²) < 4.78 is 35.0. The Labute approximate surface area is 161 Å². The fourth-order valence-corrected chi connectivity index (χ4v) is 4.59. The summed E-state index contributed by atoms with van der Waals surface area (Å²) in [6.07, 6.45) is 3.05. The summed E-state index contributed by atoms with van der Waals surface area (Å²) in [6.45, 7) is 3.49. The van der Waals surface area contributed by atoms with Crippen molar-refractivity contribution in [1.29, 1.82) is 0 Å². The molecule has 3 rings (SSSR count). The van der Waals surface area contributed by atoms with E-state index in [9.17, 15) is 13.6 Å². The molecule has 5 nitrogen and oxygen atoms in total. The van der Waals surface area contributed by atoms with Crippen molar-refractivity contribution in [2.75, 3.05) is 12.4 Å². The lowest BCUT2D eigenvalue weighted by Gasteiger charge is -2.26. The van der Waals surface area contributed by atoms with Crippen molar-refractivity contribution in [1.82, 2.24) is 10.6 Å². The molecule has 27 heavy (non-hydrogen) atoms. The average Bonchev–Trinajstić information content (AvgIpc) is 3.04. The maximum absolute atomic E-state index is 12.5. The summed E-state index contributed by atoms with van der Waals surface area (Å²) in [4.78, 5) is 12.5. The number of amides is 1. The van der Waals surface area contributed by atoms with Crippen molar-refractivity contribution < 1.29 is 23.0 Å². The summed E-state index contributed by atoms with van der Waals surface area (Å²) in [6, 6.07) is 0. The van der Waals surface area contributed by atoms with Crippen molar-refractivity contribution in [3.05, 3.63) is 44.9 Å². The van der Waals surface area contributed by atoms with Gasteiger partial charge in [-0.15, -0.1) is 11.8 Å². The molecule has 148 valence electrons. The summed E-state index contributed by atoms with van der Waals surface area (Å²) >= 11 is 1.55. The van der Waals surface area contributed by atoms with Crippen LogP contribution in [0, 0.1) is 0 Å². The SMILES string of the molecule is CC1=CC(OC(F)F)NC(C)=C1CS/C1=C(/C)CCC2=C(CCO2)C(=O)N1. The topological polar surface area (TPSA) is 59.6 Å². The molecular weight excluding hydrogens is 374 g/mol. The van der Waals surface area contributed by atoms with Crippen molar-refractivity contribution in [2.45, 2.75) is 52.9 Å². The van der Waals surface area contributed by atoms with E-state index in [0.717, 1.165) is 51.6 Å². The molecule has 0 bridgehead atoms. The normalized spacial score (nSPS) is 26.2. The predicted molar refractivity (Wildman–Crippen MR) is 101 cm³/mol. The van der Waals surface area contributed by atoms with Crippen molar-refractivity contribution >= 4 is 17.7 Å². The van der Waals surface area contributed by atoms with E-state index in [1.165, 1.54) is 0 Å². The molecule has 1 unspecified atom stereocenters. The first-order valence-electron chi connectivity index (χ1n) is 8.92. The second-order valence-corrected chi connectivity index (χ2v) is 7.75. The molecule has 0 aromatic heterocycles. The van der Waals surface area contributed by atoms with Crippen LogP contribution in [0.3, 0.4) is 0 Å². The third-order valence-corrected chi connectivity index (χ3v) is 6.05. The Balaban J connectivity index is 1.67. The molecule has 0 fully saturated rings. The van der Waals surface area contributed by atoms with Gasteiger partial charge < -0.3 is 15.4 Å². The molecule has 3 heterocycles. The van der Waals surface area contributed by atoms with E-state index in [1.54, 1.807) is 17.8 Å². The summed E-state index contributed by atoms with van der Waals surface area (Å²) in [5, 5.41) is 6.83. The highest BCUT2D eigenvalue weighted by Crippen LogP contribution is 2.33. The van der Waals surface area contributed by atoms with E-state index in [-0.39, 0.29) is 5.91 Å². The van der Waals surface area contributed by atoms with Crippen LogP contribution in [-0.2, 0) is 14.3 Å². The molecule has 0 saturated carbocycles. The lowest BCUT2D eigenvalue weighted by Crippen LogP contribution is -2.34. The lowest BCUT2D eigenvalue weighted by atomic mass is 10.0. The van der Waals surface area contributed by atoms with Gasteiger partial charge in [0.25, 0.3) is 5.91 Å². The standard InChI is InChI=1S/C19H24F2N2O3S/c1-10-4-5-15-13(6-7-25-15)17(24)23-18(10)27-9-14-11(2)8-16(22-12(14)3)26-19(20)21/h8,16,19,22H,4-7,9H2,1-3H3,(H,23,24)/b18-10-. The Morgan fingerprint density at radius 3 is 2.78 bits per heavy atom. The molecule has 8 heteroatoms. The first-order valence-corrected chi connectivity index (χ1v) is 9.91. The molecule has 0 saturated heterocycles. The molecule has 3 aliphatic rings. The first kappa shape index (κ1) is 19.9. The summed E-state index contributed by atoms with van der Waals surface area (Å²) in [5.41, 5.74) is 4.58. The van der Waals surface area contributed by atoms with Gasteiger partial charge in [0.2, 0.25) is 0 Å². The third kappa shape index (κ3) is 4.73. The fraction of sp³-hybridized carbons (Fsp3) is 0.526. The zero-order valence-corrected chi connectivity index (χ0v) is 16.5. The largest absolute Gasteiger partial charge is 0.497 e. The molecule has 0 aliphatic carbocycles. The van der Waals surface area contributed by atoms with Crippen LogP contribution in [0.5, 0.6) is 0 Å². The third-order valence-electron chi connectivity index (χ3n) is 4.88. The number of nitrogens with one attached hydrogen (secondary N) is 2. The maximum atomic E-state index is 12.5. The number of halogens is 2. The van der Waals surface area contributed by atoms with Crippen LogP contribution in [-0.4, -0.2) is 31.1 Å². The van der Waals surface area contributed by atoms with E-state index in [1.807, 2.05) is 20.8 Å². The molecule has 2 N–H and O–H groups in total. The van der Waals surface area contributed by atoms with Crippen LogP contribution in [0.15, 0.2) is 44.9 Å². The highest BCUT2D eigenvalue weighted by Gasteiger charge is 2.26. The minimum atomic E-state index is -2.83. The minimum Gasteiger partial charge on any atom is -0.497 e. The lowest BCUT2D eigenvalue weighted by molar-refractivity contribution is -0.155. The minimum absolute atomic E-state index is 0.0887. The fourth-order valence-electron chi connectivity index (χ4n) is 3.34. The number of dihydropyridines is 1. The van der Waals surface area contributed by atoms with Gasteiger partial charge in [0.1, 0.15) is 5.76 Å². The van der Waals surface area contributed by atoms with Crippen LogP contribution in [0.1, 0.15) is 40.0 Å². The monoisotopic (exact) mass is 398 g/mol. The van der Waals surface area contributed by atoms with E-state index >= 15 is 0 Å². The number of ether oxygens (including phenoxy) is 2. The van der Waals surface area contributed by atoms with Gasteiger partial charge in [0.15, 0.2) is 6.23 Å². The second-order valence-electron chi connectivity index (χ2n) is 6.77. The Morgan fingerprint density at radius 1 is 1.30 bits per heavy atom. The van der Waals surface area contributed by atoms with Crippen molar-refractivity contribution in [3.8, 4) is 0 Å². The van der Waals surface area contributed by atoms with Gasteiger partial charge in [-0.3, -0.25) is 9.53 Å². The van der Waals surface area contributed by atoms with E-state index in [0.29, 0.717) is 18.8 Å². The van der Waals surface area contributed by atoms with Gasteiger partial charge in [-0.25, -0.2) is 0 Å². The average molecular weight is 398 g/mol. The molecular formula is C19H24F2N2O3S. The van der Waals surface area contributed by atoms with Crippen molar-refractivity contribution in [2.24, 2.45) is 0 Å². The van der Waals surface area contributed by atoms with Gasteiger partial charge in [-0.2, -0.15) is 8.78 Å². The van der Waals surface area contributed by atoms with E-state index in [2.05, 4.69) is 15.4 Å². The van der Waals surface area contributed by atoms with Crippen LogP contribution in [0.2, 0.25) is 0 Å². The zero-order chi connectivity index (χ0) is 19.6. The molecule has 3 aliphatic heterocycles. The van der Waals surface area contributed by atoms with E-state index < -0.39 is 12.8 Å². The number of rotatable bonds is 5. The number of hydrogen-bond acceptors (Lipinski definition) is 5. The molecule has 1 amide bonds. The van der Waals surface area contributed by atoms with Gasteiger partial charge in [-0.05, 0) is 50.0 Å². The Bertz CT molecular complexity index is 756. The highest BCUT2D eigenvalue weighted by molar-refractivity contribution is 8.03. The van der Waals surface area contributed by atoms with Gasteiger partial charge in [-0.1, -0.05) is 0 Å². The Morgan fingerprint density at radius 2 is 2.07 bits per heavy atom. The van der Waals surface area contributed by atoms with Crippen LogP contribution in [0.25, 0.3) is 0 Å². The molecule has 0 radical (unpaired) electrons. The predicted octanol–water partition coefficient (Wildman–Crippen LogP) is 3.92. The zero-order valence-electron chi connectivity index (χ0n) is 15.7. The van der Waals surface area contributed by atoms with Gasteiger partial charge in [0, 0.05) is 24.3 Å². The number of thioether (sulfide) groups is 1. The smallest absolute Gasteiger partial charge is 0.347 e. The summed E-state index contributed by atoms with van der Waals surface area (Å²) in [5.74, 6) is 1.35. The number of carbonyl (C=O) groups excluding carboxylic acids is 1. The van der Waals surface area contributed by atoms with Gasteiger partial charge in [0.05, 0.1) is 17.2 Å². The van der Waals surface area contributed by atoms with E-state index in [4.69, 9.17) is 4.74 Å². The van der Waals surface area contributed by atoms with Crippen LogP contribution >= 0.6 is 11.8 Å². The van der Waals surface area contributed by atoms with Crippen molar-refractivity contribution in [3.63, 3.8) is 0 Å². The highest BCUT2D eigenvalue weighted by atomic mass is 32.2. The number of alkyl halides is 2.